The summed E-state index contributed by atoms with van der Waals surface area (Å²) in [7, 11) is 0. The molecular weight excluding hydrogens is 481 g/mol. The van der Waals surface area contributed by atoms with E-state index >= 15 is 0 Å². The molecule has 190 valence electrons. The van der Waals surface area contributed by atoms with Crippen LogP contribution in [0.5, 0.6) is 0 Å². The summed E-state index contributed by atoms with van der Waals surface area (Å²) in [5.41, 5.74) is 2.41. The Morgan fingerprint density at radius 3 is 2.69 bits per heavy atom. The van der Waals surface area contributed by atoms with Crippen molar-refractivity contribution in [1.29, 1.82) is 0 Å². The van der Waals surface area contributed by atoms with Crippen molar-refractivity contribution in [2.24, 2.45) is 0 Å². The van der Waals surface area contributed by atoms with E-state index in [4.69, 9.17) is 11.6 Å². The summed E-state index contributed by atoms with van der Waals surface area (Å²) >= 11 is 6.65. The lowest BCUT2D eigenvalue weighted by Gasteiger charge is -2.35. The molecule has 0 saturated carbocycles. The fraction of sp³-hybridized carbons (Fsp3) is 0.370. The first-order chi connectivity index (χ1) is 17.4. The molecule has 0 unspecified atom stereocenters. The molecule has 2 heterocycles. The van der Waals surface area contributed by atoms with Crippen LogP contribution in [0, 0.1) is 5.82 Å². The first kappa shape index (κ1) is 25.7. The summed E-state index contributed by atoms with van der Waals surface area (Å²) in [4.78, 5) is 33.8. The number of nitrogens with zero attached hydrogens (tertiary/aromatic N) is 4. The largest absolute Gasteiger partial charge is 0.366 e. The van der Waals surface area contributed by atoms with Gasteiger partial charge >= 0.3 is 0 Å². The molecule has 1 atom stereocenters. The number of hydrogen-bond donors (Lipinski definition) is 1. The van der Waals surface area contributed by atoms with Gasteiger partial charge in [-0.05, 0) is 61.6 Å². The number of piperidine rings is 1. The van der Waals surface area contributed by atoms with Gasteiger partial charge in [-0.25, -0.2) is 9.37 Å². The van der Waals surface area contributed by atoms with Crippen molar-refractivity contribution < 1.29 is 14.0 Å². The molecule has 0 spiro atoms. The maximum absolute atomic E-state index is 13.3. The number of aromatic nitrogens is 2. The quantitative estimate of drug-likeness (QED) is 0.433. The second-order valence-electron chi connectivity index (χ2n) is 9.04. The molecule has 2 aromatic carbocycles. The lowest BCUT2D eigenvalue weighted by atomic mass is 10.0. The molecule has 3 aromatic rings. The summed E-state index contributed by atoms with van der Waals surface area (Å²) in [6.45, 7) is 4.17. The van der Waals surface area contributed by atoms with Gasteiger partial charge in [-0.1, -0.05) is 30.7 Å². The van der Waals surface area contributed by atoms with Crippen molar-refractivity contribution in [3.8, 4) is 0 Å². The molecule has 1 aliphatic rings. The Hall–Kier alpha value is -3.39. The highest BCUT2D eigenvalue weighted by Crippen LogP contribution is 2.31. The van der Waals surface area contributed by atoms with E-state index in [0.717, 1.165) is 37.1 Å². The minimum Gasteiger partial charge on any atom is -0.366 e. The third-order valence-corrected chi connectivity index (χ3v) is 6.64. The summed E-state index contributed by atoms with van der Waals surface area (Å²) in [5.74, 6) is -0.578. The zero-order valence-electron chi connectivity index (χ0n) is 20.4. The monoisotopic (exact) mass is 511 g/mol. The predicted molar refractivity (Wildman–Crippen MR) is 139 cm³/mol. The van der Waals surface area contributed by atoms with E-state index < -0.39 is 6.04 Å². The van der Waals surface area contributed by atoms with Crippen LogP contribution in [0.1, 0.15) is 38.2 Å². The van der Waals surface area contributed by atoms with Gasteiger partial charge in [-0.2, -0.15) is 0 Å². The number of anilines is 2. The Labute approximate surface area is 215 Å². The number of imidazole rings is 1. The Kier molecular flexibility index (Phi) is 8.59. The maximum atomic E-state index is 13.3. The van der Waals surface area contributed by atoms with Crippen LogP contribution in [0.4, 0.5) is 15.8 Å². The third kappa shape index (κ3) is 6.43. The zero-order valence-corrected chi connectivity index (χ0v) is 21.1. The van der Waals surface area contributed by atoms with E-state index in [0.29, 0.717) is 30.2 Å². The highest BCUT2D eigenvalue weighted by Gasteiger charge is 2.32. The molecule has 0 radical (unpaired) electrons. The van der Waals surface area contributed by atoms with E-state index in [-0.39, 0.29) is 24.2 Å². The van der Waals surface area contributed by atoms with Crippen molar-refractivity contribution in [2.45, 2.75) is 51.7 Å². The molecule has 36 heavy (non-hydrogen) atoms. The average Bonchev–Trinajstić information content (AvgIpc) is 3.38. The van der Waals surface area contributed by atoms with Crippen molar-refractivity contribution in [2.75, 3.05) is 23.3 Å². The van der Waals surface area contributed by atoms with E-state index in [9.17, 15) is 14.0 Å². The first-order valence-corrected chi connectivity index (χ1v) is 12.7. The molecule has 1 aromatic heterocycles. The second kappa shape index (κ2) is 12.0. The lowest BCUT2D eigenvalue weighted by molar-refractivity contribution is -0.140. The Bertz CT molecular complexity index is 1170. The van der Waals surface area contributed by atoms with Crippen LogP contribution >= 0.6 is 11.6 Å². The lowest BCUT2D eigenvalue weighted by Crippen LogP contribution is -2.50. The smallest absolute Gasteiger partial charge is 0.247 e. The molecule has 1 aliphatic heterocycles. The Morgan fingerprint density at radius 2 is 2.00 bits per heavy atom. The molecule has 1 fully saturated rings. The minimum atomic E-state index is -0.525. The number of carbonyl (C=O) groups excluding carboxylic acids is 2. The molecule has 0 bridgehead atoms. The number of rotatable bonds is 9. The van der Waals surface area contributed by atoms with Crippen LogP contribution in [0.15, 0.2) is 61.2 Å². The van der Waals surface area contributed by atoms with Gasteiger partial charge in [0.15, 0.2) is 0 Å². The van der Waals surface area contributed by atoms with Gasteiger partial charge in [-0.15, -0.1) is 0 Å². The van der Waals surface area contributed by atoms with Crippen LogP contribution in [-0.4, -0.2) is 45.4 Å². The Balaban J connectivity index is 1.44. The molecule has 0 aliphatic carbocycles. The van der Waals surface area contributed by atoms with Gasteiger partial charge in [0, 0.05) is 37.7 Å². The summed E-state index contributed by atoms with van der Waals surface area (Å²) in [6, 6.07) is 11.4. The van der Waals surface area contributed by atoms with Gasteiger partial charge in [0.05, 0.1) is 17.0 Å². The van der Waals surface area contributed by atoms with Gasteiger partial charge in [0.25, 0.3) is 0 Å². The molecular formula is C27H31ClFN5O2. The fourth-order valence-electron chi connectivity index (χ4n) is 4.56. The number of benzene rings is 2. The first-order valence-electron chi connectivity index (χ1n) is 12.3. The van der Waals surface area contributed by atoms with Crippen molar-refractivity contribution in [3.63, 3.8) is 0 Å². The number of halogens is 2. The summed E-state index contributed by atoms with van der Waals surface area (Å²) < 4.78 is 15.0. The second-order valence-corrected chi connectivity index (χ2v) is 9.44. The van der Waals surface area contributed by atoms with Gasteiger partial charge in [0.2, 0.25) is 11.8 Å². The molecule has 7 nitrogen and oxygen atoms in total. The number of amides is 2. The van der Waals surface area contributed by atoms with E-state index in [1.165, 1.54) is 12.1 Å². The van der Waals surface area contributed by atoms with Crippen LogP contribution in [0.3, 0.4) is 0 Å². The maximum Gasteiger partial charge on any atom is 0.247 e. The van der Waals surface area contributed by atoms with E-state index in [1.807, 2.05) is 12.1 Å². The molecule has 1 N–H and O–H groups in total. The molecule has 4 rings (SSSR count). The van der Waals surface area contributed by atoms with Crippen LogP contribution < -0.4 is 10.2 Å². The Morgan fingerprint density at radius 1 is 1.19 bits per heavy atom. The summed E-state index contributed by atoms with van der Waals surface area (Å²) in [5, 5.41) is 3.47. The fourth-order valence-corrected chi connectivity index (χ4v) is 4.86. The molecule has 2 amide bonds. The normalized spacial score (nSPS) is 15.5. The van der Waals surface area contributed by atoms with Crippen molar-refractivity contribution in [1.82, 2.24) is 14.5 Å². The van der Waals surface area contributed by atoms with Gasteiger partial charge in [-0.3, -0.25) is 9.59 Å². The zero-order chi connectivity index (χ0) is 25.5. The molecule has 9 heteroatoms. The average molecular weight is 512 g/mol. The van der Waals surface area contributed by atoms with Crippen molar-refractivity contribution >= 4 is 34.8 Å². The topological polar surface area (TPSA) is 70.5 Å². The highest BCUT2D eigenvalue weighted by molar-refractivity contribution is 6.33. The summed E-state index contributed by atoms with van der Waals surface area (Å²) in [6.07, 6.45) is 8.26. The number of likely N-dealkylation sites (tertiary alicyclic amines) is 1. The van der Waals surface area contributed by atoms with Crippen LogP contribution in [0.2, 0.25) is 5.02 Å². The standard InChI is InChI=1S/C27H31ClFN5O2/c1-2-13-33(17-20-6-8-21(29)9-7-20)24-11-10-22(16-23(24)28)31-27(36)25-5-3-4-14-34(25)26(35)18-32-15-12-30-19-32/h6-12,15-16,19,25H,2-5,13-14,17-18H2,1H3,(H,31,36)/t25-/m1/s1. The van der Waals surface area contributed by atoms with Crippen molar-refractivity contribution in [3.05, 3.63) is 77.6 Å². The SMILES string of the molecule is CCCN(Cc1ccc(F)cc1)c1ccc(NC(=O)[C@H]2CCCCN2C(=O)Cn2ccnc2)cc1Cl. The number of nitrogens with one attached hydrogen (secondary N) is 1. The van der Waals surface area contributed by atoms with E-state index in [2.05, 4.69) is 22.1 Å². The third-order valence-electron chi connectivity index (χ3n) is 6.34. The predicted octanol–water partition coefficient (Wildman–Crippen LogP) is 5.11. The number of hydrogen-bond acceptors (Lipinski definition) is 4. The van der Waals surface area contributed by atoms with Gasteiger partial charge < -0.3 is 19.7 Å². The van der Waals surface area contributed by atoms with Crippen LogP contribution in [-0.2, 0) is 22.7 Å². The van der Waals surface area contributed by atoms with E-state index in [1.54, 1.807) is 46.4 Å². The van der Waals surface area contributed by atoms with Crippen LogP contribution in [0.25, 0.3) is 0 Å². The minimum absolute atomic E-state index is 0.0998. The highest BCUT2D eigenvalue weighted by atomic mass is 35.5. The molecule has 1 saturated heterocycles. The number of carbonyl (C=O) groups is 2. The van der Waals surface area contributed by atoms with Gasteiger partial charge in [0.1, 0.15) is 18.4 Å².